The van der Waals surface area contributed by atoms with Gasteiger partial charge in [0.05, 0.1) is 6.54 Å². The quantitative estimate of drug-likeness (QED) is 0.700. The van der Waals surface area contributed by atoms with E-state index in [1.165, 1.54) is 18.4 Å². The van der Waals surface area contributed by atoms with Crippen LogP contribution in [0.25, 0.3) is 0 Å². The van der Waals surface area contributed by atoms with E-state index in [4.69, 9.17) is 4.74 Å². The molecule has 0 heterocycles. The number of amides is 1. The molecule has 0 aromatic heterocycles. The number of hydrogen-bond acceptors (Lipinski definition) is 3. The SMILES string of the molecule is O=C(CNCC1CC1)NCCc1ccc(OCc2ccccc2)cc1. The van der Waals surface area contributed by atoms with Gasteiger partial charge in [-0.15, -0.1) is 0 Å². The van der Waals surface area contributed by atoms with Crippen LogP contribution in [0, 0.1) is 5.92 Å². The molecule has 25 heavy (non-hydrogen) atoms. The molecule has 1 aliphatic rings. The molecule has 3 rings (SSSR count). The lowest BCUT2D eigenvalue weighted by atomic mass is 10.1. The number of nitrogens with one attached hydrogen (secondary N) is 2. The summed E-state index contributed by atoms with van der Waals surface area (Å²) in [6, 6.07) is 18.2. The average Bonchev–Trinajstić information content (AvgIpc) is 3.46. The average molecular weight is 338 g/mol. The third kappa shape index (κ3) is 6.59. The number of carbonyl (C=O) groups is 1. The minimum atomic E-state index is 0.0727. The summed E-state index contributed by atoms with van der Waals surface area (Å²) < 4.78 is 5.78. The van der Waals surface area contributed by atoms with Crippen molar-refractivity contribution < 1.29 is 9.53 Å². The Bertz CT molecular complexity index is 651. The highest BCUT2D eigenvalue weighted by molar-refractivity contribution is 5.77. The van der Waals surface area contributed by atoms with Crippen LogP contribution in [0.2, 0.25) is 0 Å². The number of hydrogen-bond donors (Lipinski definition) is 2. The number of benzene rings is 2. The van der Waals surface area contributed by atoms with Crippen molar-refractivity contribution in [2.45, 2.75) is 25.9 Å². The summed E-state index contributed by atoms with van der Waals surface area (Å²) in [6.45, 7) is 2.62. The highest BCUT2D eigenvalue weighted by Crippen LogP contribution is 2.27. The summed E-state index contributed by atoms with van der Waals surface area (Å²) in [5.74, 6) is 1.74. The van der Waals surface area contributed by atoms with Gasteiger partial charge in [-0.1, -0.05) is 42.5 Å². The van der Waals surface area contributed by atoms with Crippen molar-refractivity contribution in [1.29, 1.82) is 0 Å². The van der Waals surface area contributed by atoms with Crippen LogP contribution >= 0.6 is 0 Å². The van der Waals surface area contributed by atoms with E-state index in [9.17, 15) is 4.79 Å². The van der Waals surface area contributed by atoms with Gasteiger partial charge in [0, 0.05) is 6.54 Å². The first kappa shape index (κ1) is 17.5. The van der Waals surface area contributed by atoms with Crippen molar-refractivity contribution in [3.05, 3.63) is 65.7 Å². The van der Waals surface area contributed by atoms with Crippen LogP contribution < -0.4 is 15.4 Å². The Morgan fingerprint density at radius 1 is 1.00 bits per heavy atom. The van der Waals surface area contributed by atoms with Crippen molar-refractivity contribution in [1.82, 2.24) is 10.6 Å². The van der Waals surface area contributed by atoms with Gasteiger partial charge in [-0.3, -0.25) is 4.79 Å². The number of carbonyl (C=O) groups excluding carboxylic acids is 1. The second-order valence-corrected chi connectivity index (χ2v) is 6.59. The van der Waals surface area contributed by atoms with Crippen molar-refractivity contribution in [2.75, 3.05) is 19.6 Å². The van der Waals surface area contributed by atoms with E-state index in [1.54, 1.807) is 0 Å². The highest BCUT2D eigenvalue weighted by Gasteiger charge is 2.20. The maximum absolute atomic E-state index is 11.7. The molecule has 1 saturated carbocycles. The van der Waals surface area contributed by atoms with Gasteiger partial charge in [0.25, 0.3) is 0 Å². The van der Waals surface area contributed by atoms with Crippen molar-refractivity contribution in [3.63, 3.8) is 0 Å². The van der Waals surface area contributed by atoms with Gasteiger partial charge in [-0.05, 0) is 55.0 Å². The third-order valence-corrected chi connectivity index (χ3v) is 4.32. The molecule has 1 aliphatic carbocycles. The fourth-order valence-electron chi connectivity index (χ4n) is 2.61. The Balaban J connectivity index is 1.32. The monoisotopic (exact) mass is 338 g/mol. The van der Waals surface area contributed by atoms with Crippen LogP contribution in [0.15, 0.2) is 54.6 Å². The molecule has 0 atom stereocenters. The van der Waals surface area contributed by atoms with Gasteiger partial charge >= 0.3 is 0 Å². The minimum absolute atomic E-state index is 0.0727. The van der Waals surface area contributed by atoms with Gasteiger partial charge in [0.2, 0.25) is 5.91 Å². The van der Waals surface area contributed by atoms with Crippen molar-refractivity contribution in [3.8, 4) is 5.75 Å². The first-order chi connectivity index (χ1) is 12.3. The smallest absolute Gasteiger partial charge is 0.233 e. The fourth-order valence-corrected chi connectivity index (χ4v) is 2.61. The van der Waals surface area contributed by atoms with Crippen LogP contribution in [0.5, 0.6) is 5.75 Å². The zero-order valence-corrected chi connectivity index (χ0v) is 14.5. The lowest BCUT2D eigenvalue weighted by Gasteiger charge is -2.08. The predicted octanol–water partition coefficient (Wildman–Crippen LogP) is 2.92. The molecule has 0 unspecified atom stereocenters. The van der Waals surface area contributed by atoms with Gasteiger partial charge < -0.3 is 15.4 Å². The zero-order valence-electron chi connectivity index (χ0n) is 14.5. The summed E-state index contributed by atoms with van der Waals surface area (Å²) in [5.41, 5.74) is 2.35. The predicted molar refractivity (Wildman–Crippen MR) is 99.5 cm³/mol. The molecular formula is C21H26N2O2. The number of ether oxygens (including phenoxy) is 1. The van der Waals surface area contributed by atoms with E-state index in [0.717, 1.165) is 30.2 Å². The molecule has 2 N–H and O–H groups in total. The van der Waals surface area contributed by atoms with E-state index < -0.39 is 0 Å². The first-order valence-electron chi connectivity index (χ1n) is 9.03. The Kier molecular flexibility index (Phi) is 6.46. The molecule has 0 aliphatic heterocycles. The van der Waals surface area contributed by atoms with Crippen molar-refractivity contribution >= 4 is 5.91 Å². The molecule has 2 aromatic rings. The van der Waals surface area contributed by atoms with Crippen molar-refractivity contribution in [2.24, 2.45) is 5.92 Å². The van der Waals surface area contributed by atoms with Crippen LogP contribution in [-0.4, -0.2) is 25.5 Å². The maximum atomic E-state index is 11.7. The molecule has 0 bridgehead atoms. The second-order valence-electron chi connectivity index (χ2n) is 6.59. The molecule has 4 nitrogen and oxygen atoms in total. The van der Waals surface area contributed by atoms with E-state index in [0.29, 0.717) is 19.7 Å². The van der Waals surface area contributed by atoms with Crippen LogP contribution in [0.3, 0.4) is 0 Å². The Morgan fingerprint density at radius 3 is 2.48 bits per heavy atom. The second kappa shape index (κ2) is 9.23. The summed E-state index contributed by atoms with van der Waals surface area (Å²) in [6.07, 6.45) is 3.44. The van der Waals surface area contributed by atoms with E-state index in [-0.39, 0.29) is 5.91 Å². The Hall–Kier alpha value is -2.33. The van der Waals surface area contributed by atoms with Crippen LogP contribution in [0.4, 0.5) is 0 Å². The summed E-state index contributed by atoms with van der Waals surface area (Å²) in [5, 5.41) is 6.16. The van der Waals surface area contributed by atoms with Gasteiger partial charge in [-0.2, -0.15) is 0 Å². The van der Waals surface area contributed by atoms with Crippen LogP contribution in [-0.2, 0) is 17.8 Å². The summed E-state index contributed by atoms with van der Waals surface area (Å²) in [7, 11) is 0. The summed E-state index contributed by atoms with van der Waals surface area (Å²) >= 11 is 0. The molecule has 2 aromatic carbocycles. The van der Waals surface area contributed by atoms with E-state index in [2.05, 4.69) is 34.9 Å². The number of rotatable bonds is 10. The fraction of sp³-hybridized carbons (Fsp3) is 0.381. The van der Waals surface area contributed by atoms with E-state index in [1.807, 2.05) is 30.3 Å². The lowest BCUT2D eigenvalue weighted by molar-refractivity contribution is -0.120. The zero-order chi connectivity index (χ0) is 17.3. The van der Waals surface area contributed by atoms with E-state index >= 15 is 0 Å². The molecule has 0 spiro atoms. The molecule has 132 valence electrons. The minimum Gasteiger partial charge on any atom is -0.489 e. The van der Waals surface area contributed by atoms with Crippen LogP contribution in [0.1, 0.15) is 24.0 Å². The van der Waals surface area contributed by atoms with Gasteiger partial charge in [-0.25, -0.2) is 0 Å². The lowest BCUT2D eigenvalue weighted by Crippen LogP contribution is -2.35. The normalized spacial score (nSPS) is 13.4. The molecule has 1 fully saturated rings. The first-order valence-corrected chi connectivity index (χ1v) is 9.03. The maximum Gasteiger partial charge on any atom is 0.233 e. The van der Waals surface area contributed by atoms with Gasteiger partial charge in [0.1, 0.15) is 12.4 Å². The molecule has 4 heteroatoms. The molecule has 1 amide bonds. The van der Waals surface area contributed by atoms with Gasteiger partial charge in [0.15, 0.2) is 0 Å². The topological polar surface area (TPSA) is 50.4 Å². The third-order valence-electron chi connectivity index (χ3n) is 4.32. The largest absolute Gasteiger partial charge is 0.489 e. The summed E-state index contributed by atoms with van der Waals surface area (Å²) in [4.78, 5) is 11.7. The molecule has 0 radical (unpaired) electrons. The molecule has 0 saturated heterocycles. The highest BCUT2D eigenvalue weighted by atomic mass is 16.5. The Labute approximate surface area is 149 Å². The molecular weight excluding hydrogens is 312 g/mol. The standard InChI is InChI=1S/C21H26N2O2/c24-21(15-22-14-18-6-7-18)23-13-12-17-8-10-20(11-9-17)25-16-19-4-2-1-3-5-19/h1-5,8-11,18,22H,6-7,12-16H2,(H,23,24). The Morgan fingerprint density at radius 2 is 1.76 bits per heavy atom.